The fourth-order valence-corrected chi connectivity index (χ4v) is 2.30. The van der Waals surface area contributed by atoms with Gasteiger partial charge in [0.2, 0.25) is 0 Å². The maximum absolute atomic E-state index is 11.8. The van der Waals surface area contributed by atoms with Crippen molar-refractivity contribution in [3.05, 3.63) is 0 Å². The molecule has 0 aliphatic heterocycles. The number of rotatable bonds is 4. The van der Waals surface area contributed by atoms with Gasteiger partial charge in [-0.05, 0) is 25.7 Å². The van der Waals surface area contributed by atoms with Crippen molar-refractivity contribution in [2.24, 2.45) is 5.92 Å². The molecule has 0 radical (unpaired) electrons. The van der Waals surface area contributed by atoms with E-state index in [1.54, 1.807) is 14.0 Å². The van der Waals surface area contributed by atoms with E-state index in [0.29, 0.717) is 12.3 Å². The van der Waals surface area contributed by atoms with E-state index in [4.69, 9.17) is 4.74 Å². The lowest BCUT2D eigenvalue weighted by Crippen LogP contribution is -2.32. The van der Waals surface area contributed by atoms with Gasteiger partial charge in [0.05, 0.1) is 6.42 Å². The molecule has 84 valence electrons. The number of carbonyl (C=O) groups is 1. The molecular weight excluding hydrogens is 188 g/mol. The molecule has 0 amide bonds. The Morgan fingerprint density at radius 1 is 1.40 bits per heavy atom. The van der Waals surface area contributed by atoms with Gasteiger partial charge in [0.25, 0.3) is 0 Å². The van der Waals surface area contributed by atoms with Crippen molar-refractivity contribution in [1.29, 1.82) is 0 Å². The Morgan fingerprint density at radius 3 is 2.60 bits per heavy atom. The van der Waals surface area contributed by atoms with Gasteiger partial charge in [-0.15, -0.1) is 5.92 Å². The summed E-state index contributed by atoms with van der Waals surface area (Å²) in [6, 6.07) is 0. The molecule has 0 spiro atoms. The van der Waals surface area contributed by atoms with Gasteiger partial charge < -0.3 is 4.74 Å². The molecule has 1 rings (SSSR count). The van der Waals surface area contributed by atoms with Crippen molar-refractivity contribution in [3.8, 4) is 11.8 Å². The third kappa shape index (κ3) is 3.68. The maximum Gasteiger partial charge on any atom is 0.173 e. The summed E-state index contributed by atoms with van der Waals surface area (Å²) < 4.78 is 5.33. The summed E-state index contributed by atoms with van der Waals surface area (Å²) in [6.07, 6.45) is 6.15. The minimum atomic E-state index is -0.217. The first-order valence-electron chi connectivity index (χ1n) is 5.74. The number of ketones is 1. The highest BCUT2D eigenvalue weighted by molar-refractivity contribution is 5.85. The molecule has 15 heavy (non-hydrogen) atoms. The number of hydrogen-bond donors (Lipinski definition) is 0. The van der Waals surface area contributed by atoms with Crippen molar-refractivity contribution < 1.29 is 9.53 Å². The van der Waals surface area contributed by atoms with Gasteiger partial charge in [0.1, 0.15) is 6.10 Å². The summed E-state index contributed by atoms with van der Waals surface area (Å²) in [5.74, 6) is 6.15. The van der Waals surface area contributed by atoms with Crippen LogP contribution in [0.5, 0.6) is 0 Å². The largest absolute Gasteiger partial charge is 0.373 e. The fraction of sp³-hybridized carbons (Fsp3) is 0.769. The van der Waals surface area contributed by atoms with Crippen LogP contribution in [0.3, 0.4) is 0 Å². The Bertz CT molecular complexity index is 253. The lowest BCUT2D eigenvalue weighted by molar-refractivity contribution is -0.131. The SMILES string of the molecule is CC#CCC(=O)C(OC)C1CCCCC1. The smallest absolute Gasteiger partial charge is 0.173 e. The van der Waals surface area contributed by atoms with Crippen molar-refractivity contribution in [1.82, 2.24) is 0 Å². The number of methoxy groups -OCH3 is 1. The van der Waals surface area contributed by atoms with Crippen molar-refractivity contribution in [2.75, 3.05) is 7.11 Å². The first-order chi connectivity index (χ1) is 7.29. The lowest BCUT2D eigenvalue weighted by atomic mass is 9.83. The maximum atomic E-state index is 11.8. The molecule has 1 saturated carbocycles. The fourth-order valence-electron chi connectivity index (χ4n) is 2.30. The predicted octanol–water partition coefficient (Wildman–Crippen LogP) is 2.56. The van der Waals surface area contributed by atoms with Crippen LogP contribution in [-0.4, -0.2) is 19.0 Å². The van der Waals surface area contributed by atoms with Crippen LogP contribution in [0.4, 0.5) is 0 Å². The molecule has 1 atom stereocenters. The average Bonchev–Trinajstić information content (AvgIpc) is 2.29. The topological polar surface area (TPSA) is 26.3 Å². The molecule has 0 heterocycles. The zero-order valence-corrected chi connectivity index (χ0v) is 9.71. The van der Waals surface area contributed by atoms with E-state index in [9.17, 15) is 4.79 Å². The van der Waals surface area contributed by atoms with E-state index in [2.05, 4.69) is 11.8 Å². The second kappa shape index (κ2) is 6.63. The summed E-state index contributed by atoms with van der Waals surface area (Å²) in [7, 11) is 1.64. The van der Waals surface area contributed by atoms with Crippen molar-refractivity contribution >= 4 is 5.78 Å². The Labute approximate surface area is 92.4 Å². The van der Waals surface area contributed by atoms with Gasteiger partial charge in [0, 0.05) is 7.11 Å². The van der Waals surface area contributed by atoms with Crippen LogP contribution in [0.25, 0.3) is 0 Å². The number of carbonyl (C=O) groups excluding carboxylic acids is 1. The third-order valence-electron chi connectivity index (χ3n) is 3.09. The highest BCUT2D eigenvalue weighted by Gasteiger charge is 2.28. The van der Waals surface area contributed by atoms with Crippen LogP contribution in [-0.2, 0) is 9.53 Å². The first kappa shape index (κ1) is 12.3. The standard InChI is InChI=1S/C13H20O2/c1-3-4-10-12(14)13(15-2)11-8-6-5-7-9-11/h11,13H,5-10H2,1-2H3. The lowest BCUT2D eigenvalue weighted by Gasteiger charge is -2.27. The average molecular weight is 208 g/mol. The normalized spacial score (nSPS) is 19.1. The monoisotopic (exact) mass is 208 g/mol. The van der Waals surface area contributed by atoms with E-state index >= 15 is 0 Å². The van der Waals surface area contributed by atoms with Gasteiger partial charge in [-0.25, -0.2) is 0 Å². The molecule has 0 aromatic heterocycles. The Kier molecular flexibility index (Phi) is 5.42. The van der Waals surface area contributed by atoms with Crippen LogP contribution < -0.4 is 0 Å². The molecule has 2 nitrogen and oxygen atoms in total. The quantitative estimate of drug-likeness (QED) is 0.664. The molecular formula is C13H20O2. The summed E-state index contributed by atoms with van der Waals surface area (Å²) >= 11 is 0. The van der Waals surface area contributed by atoms with Gasteiger partial charge >= 0.3 is 0 Å². The first-order valence-corrected chi connectivity index (χ1v) is 5.74. The molecule has 1 fully saturated rings. The van der Waals surface area contributed by atoms with Crippen LogP contribution in [0.1, 0.15) is 45.4 Å². The van der Waals surface area contributed by atoms with Gasteiger partial charge in [-0.2, -0.15) is 0 Å². The minimum absolute atomic E-state index is 0.152. The zero-order valence-electron chi connectivity index (χ0n) is 9.71. The van der Waals surface area contributed by atoms with Gasteiger partial charge in [-0.1, -0.05) is 25.2 Å². The minimum Gasteiger partial charge on any atom is -0.373 e. The molecule has 0 aromatic carbocycles. The summed E-state index contributed by atoms with van der Waals surface area (Å²) in [5.41, 5.74) is 0. The number of ether oxygens (including phenoxy) is 1. The van der Waals surface area contributed by atoms with E-state index in [-0.39, 0.29) is 11.9 Å². The van der Waals surface area contributed by atoms with E-state index in [1.807, 2.05) is 0 Å². The molecule has 2 heteroatoms. The summed E-state index contributed by atoms with van der Waals surface area (Å²) in [6.45, 7) is 1.76. The molecule has 0 N–H and O–H groups in total. The van der Waals surface area contributed by atoms with Crippen LogP contribution in [0, 0.1) is 17.8 Å². The van der Waals surface area contributed by atoms with Gasteiger partial charge in [-0.3, -0.25) is 4.79 Å². The molecule has 0 saturated heterocycles. The highest BCUT2D eigenvalue weighted by atomic mass is 16.5. The Balaban J connectivity index is 2.51. The molecule has 1 aliphatic rings. The van der Waals surface area contributed by atoms with Crippen LogP contribution in [0.15, 0.2) is 0 Å². The zero-order chi connectivity index (χ0) is 11.1. The van der Waals surface area contributed by atoms with Gasteiger partial charge in [0.15, 0.2) is 5.78 Å². The molecule has 0 bridgehead atoms. The van der Waals surface area contributed by atoms with E-state index < -0.39 is 0 Å². The van der Waals surface area contributed by atoms with Crippen molar-refractivity contribution in [3.63, 3.8) is 0 Å². The number of Topliss-reactive ketones (excluding diaryl/α,β-unsaturated/α-hetero) is 1. The number of hydrogen-bond acceptors (Lipinski definition) is 2. The molecule has 0 aromatic rings. The third-order valence-corrected chi connectivity index (χ3v) is 3.09. The van der Waals surface area contributed by atoms with Crippen LogP contribution in [0.2, 0.25) is 0 Å². The highest BCUT2D eigenvalue weighted by Crippen LogP contribution is 2.28. The second-order valence-corrected chi connectivity index (χ2v) is 4.12. The molecule has 1 aliphatic carbocycles. The second-order valence-electron chi connectivity index (χ2n) is 4.12. The summed E-state index contributed by atoms with van der Waals surface area (Å²) in [4.78, 5) is 11.8. The Hall–Kier alpha value is -0.810. The van der Waals surface area contributed by atoms with E-state index in [1.165, 1.54) is 19.3 Å². The Morgan fingerprint density at radius 2 is 2.07 bits per heavy atom. The predicted molar refractivity (Wildman–Crippen MR) is 60.4 cm³/mol. The van der Waals surface area contributed by atoms with Crippen LogP contribution >= 0.6 is 0 Å². The summed E-state index contributed by atoms with van der Waals surface area (Å²) in [5, 5.41) is 0. The van der Waals surface area contributed by atoms with E-state index in [0.717, 1.165) is 12.8 Å². The van der Waals surface area contributed by atoms with Crippen molar-refractivity contribution in [2.45, 2.75) is 51.6 Å². The molecule has 1 unspecified atom stereocenters.